The number of aryl methyl sites for hydroxylation is 2. The van der Waals surface area contributed by atoms with E-state index in [4.69, 9.17) is 10.6 Å². The van der Waals surface area contributed by atoms with Gasteiger partial charge in [-0.2, -0.15) is 0 Å². The lowest BCUT2D eigenvalue weighted by atomic mass is 10.1. The van der Waals surface area contributed by atoms with Crippen LogP contribution in [0.5, 0.6) is 0 Å². The van der Waals surface area contributed by atoms with Crippen LogP contribution in [-0.2, 0) is 18.2 Å². The normalized spacial score (nSPS) is 13.3. The molecule has 0 aliphatic rings. The molecule has 1 aromatic heterocycles. The van der Waals surface area contributed by atoms with Gasteiger partial charge in [0.2, 0.25) is 0 Å². The number of ether oxygens (including phenoxy) is 1. The predicted octanol–water partition coefficient (Wildman–Crippen LogP) is 0.610. The monoisotopic (exact) mass is 226 g/mol. The Balaban J connectivity index is 2.31. The largest absolute Gasteiger partial charge is 0.377 e. The Morgan fingerprint density at radius 2 is 2.31 bits per heavy atom. The standard InChI is InChI=1S/C11H22N4O/c1-9(2)16-8-10(14-12)4-5-11-13-6-7-15(11)3/h6-7,9-10,14H,4-5,8,12H2,1-3H3. The van der Waals surface area contributed by atoms with E-state index < -0.39 is 0 Å². The molecule has 0 amide bonds. The van der Waals surface area contributed by atoms with E-state index in [0.29, 0.717) is 6.61 Å². The van der Waals surface area contributed by atoms with Gasteiger partial charge in [-0.05, 0) is 20.3 Å². The van der Waals surface area contributed by atoms with Gasteiger partial charge in [-0.1, -0.05) is 0 Å². The topological polar surface area (TPSA) is 65.1 Å². The van der Waals surface area contributed by atoms with Crippen LogP contribution < -0.4 is 11.3 Å². The number of nitrogens with two attached hydrogens (primary N) is 1. The Hall–Kier alpha value is -0.910. The van der Waals surface area contributed by atoms with Crippen molar-refractivity contribution >= 4 is 0 Å². The Morgan fingerprint density at radius 3 is 2.81 bits per heavy atom. The first kappa shape index (κ1) is 13.2. The Bertz CT molecular complexity index is 298. The molecule has 1 atom stereocenters. The molecule has 3 N–H and O–H groups in total. The lowest BCUT2D eigenvalue weighted by molar-refractivity contribution is 0.0595. The van der Waals surface area contributed by atoms with Crippen molar-refractivity contribution in [3.63, 3.8) is 0 Å². The highest BCUT2D eigenvalue weighted by Crippen LogP contribution is 2.03. The van der Waals surface area contributed by atoms with E-state index in [1.165, 1.54) is 0 Å². The first-order chi connectivity index (χ1) is 7.63. The SMILES string of the molecule is CC(C)OCC(CCc1nccn1C)NN. The van der Waals surface area contributed by atoms with Crippen LogP contribution in [-0.4, -0.2) is 28.3 Å². The fourth-order valence-electron chi connectivity index (χ4n) is 1.46. The van der Waals surface area contributed by atoms with E-state index in [1.807, 2.05) is 37.9 Å². The summed E-state index contributed by atoms with van der Waals surface area (Å²) in [6.45, 7) is 4.68. The summed E-state index contributed by atoms with van der Waals surface area (Å²) in [5.41, 5.74) is 2.78. The van der Waals surface area contributed by atoms with Gasteiger partial charge in [-0.3, -0.25) is 11.3 Å². The molecule has 0 aliphatic heterocycles. The van der Waals surface area contributed by atoms with E-state index >= 15 is 0 Å². The summed E-state index contributed by atoms with van der Waals surface area (Å²) in [6.07, 6.45) is 5.83. The highest BCUT2D eigenvalue weighted by Gasteiger charge is 2.09. The van der Waals surface area contributed by atoms with Gasteiger partial charge in [-0.15, -0.1) is 0 Å². The quantitative estimate of drug-likeness (QED) is 0.528. The number of rotatable bonds is 7. The molecule has 0 spiro atoms. The van der Waals surface area contributed by atoms with Crippen LogP contribution in [0.4, 0.5) is 0 Å². The van der Waals surface area contributed by atoms with Crippen molar-refractivity contribution in [2.24, 2.45) is 12.9 Å². The lowest BCUT2D eigenvalue weighted by Gasteiger charge is -2.17. The summed E-state index contributed by atoms with van der Waals surface area (Å²) in [5, 5.41) is 0. The maximum Gasteiger partial charge on any atom is 0.108 e. The maximum atomic E-state index is 5.53. The second kappa shape index (κ2) is 6.62. The minimum absolute atomic E-state index is 0.180. The number of hydrazine groups is 1. The third-order valence-electron chi connectivity index (χ3n) is 2.50. The van der Waals surface area contributed by atoms with Crippen molar-refractivity contribution in [2.45, 2.75) is 38.8 Å². The zero-order valence-electron chi connectivity index (χ0n) is 10.3. The van der Waals surface area contributed by atoms with Crippen molar-refractivity contribution in [1.29, 1.82) is 0 Å². The van der Waals surface area contributed by atoms with Crippen LogP contribution in [0.25, 0.3) is 0 Å². The van der Waals surface area contributed by atoms with E-state index in [0.717, 1.165) is 18.7 Å². The van der Waals surface area contributed by atoms with Gasteiger partial charge in [0, 0.05) is 31.9 Å². The Morgan fingerprint density at radius 1 is 1.56 bits per heavy atom. The minimum atomic E-state index is 0.180. The summed E-state index contributed by atoms with van der Waals surface area (Å²) < 4.78 is 7.55. The Kier molecular flexibility index (Phi) is 5.45. The molecule has 0 aliphatic carbocycles. The number of imidazole rings is 1. The molecule has 92 valence electrons. The molecule has 0 fully saturated rings. The van der Waals surface area contributed by atoms with Crippen LogP contribution in [0.3, 0.4) is 0 Å². The van der Waals surface area contributed by atoms with Gasteiger partial charge >= 0.3 is 0 Å². The molecular formula is C11H22N4O. The molecule has 1 heterocycles. The van der Waals surface area contributed by atoms with Crippen molar-refractivity contribution in [3.8, 4) is 0 Å². The number of nitrogens with one attached hydrogen (secondary N) is 1. The molecule has 0 aromatic carbocycles. The first-order valence-electron chi connectivity index (χ1n) is 5.67. The van der Waals surface area contributed by atoms with Gasteiger partial charge in [0.25, 0.3) is 0 Å². The van der Waals surface area contributed by atoms with Crippen LogP contribution in [0.15, 0.2) is 12.4 Å². The average molecular weight is 226 g/mol. The highest BCUT2D eigenvalue weighted by atomic mass is 16.5. The molecule has 5 nitrogen and oxygen atoms in total. The van der Waals surface area contributed by atoms with Gasteiger partial charge in [-0.25, -0.2) is 4.98 Å². The molecule has 1 aromatic rings. The van der Waals surface area contributed by atoms with Crippen LogP contribution in [0.1, 0.15) is 26.1 Å². The molecule has 1 rings (SSSR count). The van der Waals surface area contributed by atoms with Gasteiger partial charge < -0.3 is 9.30 Å². The molecule has 0 saturated carbocycles. The van der Waals surface area contributed by atoms with E-state index in [2.05, 4.69) is 10.4 Å². The number of hydrogen-bond donors (Lipinski definition) is 2. The van der Waals surface area contributed by atoms with Gasteiger partial charge in [0.05, 0.1) is 12.7 Å². The smallest absolute Gasteiger partial charge is 0.108 e. The van der Waals surface area contributed by atoms with Gasteiger partial charge in [0.15, 0.2) is 0 Å². The van der Waals surface area contributed by atoms with Crippen LogP contribution in [0.2, 0.25) is 0 Å². The number of nitrogens with zero attached hydrogens (tertiary/aromatic N) is 2. The zero-order chi connectivity index (χ0) is 12.0. The van der Waals surface area contributed by atoms with Crippen molar-refractivity contribution in [3.05, 3.63) is 18.2 Å². The first-order valence-corrected chi connectivity index (χ1v) is 5.67. The van der Waals surface area contributed by atoms with Crippen molar-refractivity contribution in [1.82, 2.24) is 15.0 Å². The number of hydrogen-bond acceptors (Lipinski definition) is 4. The molecule has 16 heavy (non-hydrogen) atoms. The average Bonchev–Trinajstić information content (AvgIpc) is 2.64. The Labute approximate surface area is 97.0 Å². The summed E-state index contributed by atoms with van der Waals surface area (Å²) in [5.74, 6) is 6.55. The third-order valence-corrected chi connectivity index (χ3v) is 2.50. The van der Waals surface area contributed by atoms with Crippen molar-refractivity contribution < 1.29 is 4.74 Å². The van der Waals surface area contributed by atoms with Crippen LogP contribution in [0, 0.1) is 0 Å². The summed E-state index contributed by atoms with van der Waals surface area (Å²) >= 11 is 0. The summed E-state index contributed by atoms with van der Waals surface area (Å²) in [4.78, 5) is 4.27. The van der Waals surface area contributed by atoms with E-state index in [1.54, 1.807) is 0 Å². The van der Waals surface area contributed by atoms with E-state index in [-0.39, 0.29) is 12.1 Å². The molecule has 0 radical (unpaired) electrons. The fourth-order valence-corrected chi connectivity index (χ4v) is 1.46. The predicted molar refractivity (Wildman–Crippen MR) is 63.7 cm³/mol. The number of aromatic nitrogens is 2. The molecular weight excluding hydrogens is 204 g/mol. The molecule has 0 bridgehead atoms. The molecule has 1 unspecified atom stereocenters. The minimum Gasteiger partial charge on any atom is -0.377 e. The maximum absolute atomic E-state index is 5.53. The second-order valence-electron chi connectivity index (χ2n) is 4.24. The summed E-state index contributed by atoms with van der Waals surface area (Å²) in [6, 6.07) is 0.180. The lowest BCUT2D eigenvalue weighted by Crippen LogP contribution is -2.39. The third kappa shape index (κ3) is 4.30. The van der Waals surface area contributed by atoms with Gasteiger partial charge in [0.1, 0.15) is 5.82 Å². The molecule has 5 heteroatoms. The van der Waals surface area contributed by atoms with Crippen molar-refractivity contribution in [2.75, 3.05) is 6.61 Å². The highest BCUT2D eigenvalue weighted by molar-refractivity contribution is 4.91. The second-order valence-corrected chi connectivity index (χ2v) is 4.24. The van der Waals surface area contributed by atoms with E-state index in [9.17, 15) is 0 Å². The zero-order valence-corrected chi connectivity index (χ0v) is 10.3. The molecule has 0 saturated heterocycles. The van der Waals surface area contributed by atoms with Crippen LogP contribution >= 0.6 is 0 Å². The summed E-state index contributed by atoms with van der Waals surface area (Å²) in [7, 11) is 2.00. The fraction of sp³-hybridized carbons (Fsp3) is 0.727.